The highest BCUT2D eigenvalue weighted by Crippen LogP contribution is 2.13. The highest BCUT2D eigenvalue weighted by atomic mass is 16.5. The van der Waals surface area contributed by atoms with Crippen LogP contribution in [-0.2, 0) is 19.6 Å². The zero-order chi connectivity index (χ0) is 15.1. The standard InChI is InChI=1S/C16H23N3O2/c1-3-6-16-15(12-20)17-18-19(16)9-5-10-21-14-8-4-7-13(2)11-14/h4,7-8,11,20H,3,5-6,9-10,12H2,1-2H3. The second-order valence-electron chi connectivity index (χ2n) is 5.13. The van der Waals surface area contributed by atoms with Gasteiger partial charge in [0, 0.05) is 13.0 Å². The molecule has 0 atom stereocenters. The van der Waals surface area contributed by atoms with Crippen LogP contribution in [-0.4, -0.2) is 26.7 Å². The molecule has 0 saturated heterocycles. The Morgan fingerprint density at radius 2 is 2.19 bits per heavy atom. The van der Waals surface area contributed by atoms with Crippen molar-refractivity contribution >= 4 is 0 Å². The first-order chi connectivity index (χ1) is 10.2. The predicted molar refractivity (Wildman–Crippen MR) is 81.2 cm³/mol. The number of aliphatic hydroxyl groups excluding tert-OH is 1. The molecule has 0 aliphatic heterocycles. The zero-order valence-electron chi connectivity index (χ0n) is 12.7. The number of rotatable bonds is 8. The molecule has 0 saturated carbocycles. The zero-order valence-corrected chi connectivity index (χ0v) is 12.7. The van der Waals surface area contributed by atoms with E-state index < -0.39 is 0 Å². The number of aromatic nitrogens is 3. The minimum absolute atomic E-state index is 0.0465. The summed E-state index contributed by atoms with van der Waals surface area (Å²) in [4.78, 5) is 0. The summed E-state index contributed by atoms with van der Waals surface area (Å²) in [5, 5.41) is 17.4. The van der Waals surface area contributed by atoms with Gasteiger partial charge in [-0.15, -0.1) is 5.10 Å². The molecule has 1 aromatic heterocycles. The van der Waals surface area contributed by atoms with E-state index in [1.165, 1.54) is 5.56 Å². The predicted octanol–water partition coefficient (Wildman–Crippen LogP) is 2.50. The van der Waals surface area contributed by atoms with Gasteiger partial charge in [-0.25, -0.2) is 4.68 Å². The van der Waals surface area contributed by atoms with Gasteiger partial charge in [0.15, 0.2) is 0 Å². The second-order valence-corrected chi connectivity index (χ2v) is 5.13. The molecule has 0 radical (unpaired) electrons. The minimum atomic E-state index is -0.0465. The Morgan fingerprint density at radius 3 is 2.90 bits per heavy atom. The van der Waals surface area contributed by atoms with Crippen molar-refractivity contribution in [2.45, 2.75) is 46.3 Å². The Morgan fingerprint density at radius 1 is 1.33 bits per heavy atom. The molecular weight excluding hydrogens is 266 g/mol. The molecule has 5 heteroatoms. The fourth-order valence-corrected chi connectivity index (χ4v) is 2.29. The maximum atomic E-state index is 9.26. The maximum absolute atomic E-state index is 9.26. The number of nitrogens with zero attached hydrogens (tertiary/aromatic N) is 3. The molecule has 0 aliphatic carbocycles. The Balaban J connectivity index is 1.84. The SMILES string of the molecule is CCCc1c(CO)nnn1CCCOc1cccc(C)c1. The number of benzene rings is 1. The lowest BCUT2D eigenvalue weighted by molar-refractivity contribution is 0.275. The summed E-state index contributed by atoms with van der Waals surface area (Å²) in [7, 11) is 0. The Labute approximate surface area is 125 Å². The van der Waals surface area contributed by atoms with E-state index in [0.29, 0.717) is 12.3 Å². The van der Waals surface area contributed by atoms with Crippen LogP contribution >= 0.6 is 0 Å². The average Bonchev–Trinajstić information content (AvgIpc) is 2.86. The molecule has 0 aliphatic rings. The second kappa shape index (κ2) is 7.78. The van der Waals surface area contributed by atoms with Crippen LogP contribution in [0.15, 0.2) is 24.3 Å². The molecule has 0 amide bonds. The summed E-state index contributed by atoms with van der Waals surface area (Å²) in [6.07, 6.45) is 2.76. The Kier molecular flexibility index (Phi) is 5.75. The van der Waals surface area contributed by atoms with Crippen LogP contribution < -0.4 is 4.74 Å². The molecule has 0 fully saturated rings. The fourth-order valence-electron chi connectivity index (χ4n) is 2.29. The van der Waals surface area contributed by atoms with Gasteiger partial charge in [0.1, 0.15) is 11.4 Å². The molecule has 0 unspecified atom stereocenters. The largest absolute Gasteiger partial charge is 0.494 e. The average molecular weight is 289 g/mol. The first-order valence-corrected chi connectivity index (χ1v) is 7.46. The normalized spacial score (nSPS) is 10.8. The number of hydrogen-bond donors (Lipinski definition) is 1. The molecule has 2 aromatic rings. The summed E-state index contributed by atoms with van der Waals surface area (Å²) < 4.78 is 7.61. The van der Waals surface area contributed by atoms with Crippen molar-refractivity contribution in [1.82, 2.24) is 15.0 Å². The van der Waals surface area contributed by atoms with Gasteiger partial charge in [-0.3, -0.25) is 0 Å². The van der Waals surface area contributed by atoms with E-state index in [-0.39, 0.29) is 6.61 Å². The van der Waals surface area contributed by atoms with Crippen LogP contribution in [0.2, 0.25) is 0 Å². The molecule has 0 bridgehead atoms. The number of aliphatic hydroxyl groups is 1. The third-order valence-corrected chi connectivity index (χ3v) is 3.33. The Bertz CT molecular complexity index is 566. The highest BCUT2D eigenvalue weighted by molar-refractivity contribution is 5.27. The lowest BCUT2D eigenvalue weighted by atomic mass is 10.2. The number of aryl methyl sites for hydroxylation is 2. The van der Waals surface area contributed by atoms with E-state index in [4.69, 9.17) is 4.74 Å². The summed E-state index contributed by atoms with van der Waals surface area (Å²) in [5.74, 6) is 0.901. The van der Waals surface area contributed by atoms with E-state index in [1.807, 2.05) is 22.9 Å². The molecule has 1 aromatic carbocycles. The first-order valence-electron chi connectivity index (χ1n) is 7.46. The van der Waals surface area contributed by atoms with Crippen LogP contribution in [0.5, 0.6) is 5.75 Å². The molecule has 114 valence electrons. The van der Waals surface area contributed by atoms with Crippen LogP contribution in [0, 0.1) is 6.92 Å². The van der Waals surface area contributed by atoms with Gasteiger partial charge in [0.05, 0.1) is 18.9 Å². The van der Waals surface area contributed by atoms with Crippen molar-refractivity contribution in [3.05, 3.63) is 41.2 Å². The third kappa shape index (κ3) is 4.29. The lowest BCUT2D eigenvalue weighted by Gasteiger charge is -2.08. The van der Waals surface area contributed by atoms with Crippen molar-refractivity contribution in [2.24, 2.45) is 0 Å². The molecule has 21 heavy (non-hydrogen) atoms. The van der Waals surface area contributed by atoms with Gasteiger partial charge < -0.3 is 9.84 Å². The molecule has 0 spiro atoms. The van der Waals surface area contributed by atoms with Crippen molar-refractivity contribution in [1.29, 1.82) is 0 Å². The van der Waals surface area contributed by atoms with Gasteiger partial charge in [-0.1, -0.05) is 30.7 Å². The van der Waals surface area contributed by atoms with Gasteiger partial charge in [-0.05, 0) is 31.0 Å². The van der Waals surface area contributed by atoms with Crippen LogP contribution in [0.25, 0.3) is 0 Å². The smallest absolute Gasteiger partial charge is 0.119 e. The van der Waals surface area contributed by atoms with Crippen molar-refractivity contribution < 1.29 is 9.84 Å². The molecule has 1 heterocycles. The van der Waals surface area contributed by atoms with Gasteiger partial charge in [0.25, 0.3) is 0 Å². The van der Waals surface area contributed by atoms with Crippen molar-refractivity contribution in [3.8, 4) is 5.75 Å². The quantitative estimate of drug-likeness (QED) is 0.759. The van der Waals surface area contributed by atoms with Crippen LogP contribution in [0.4, 0.5) is 0 Å². The van der Waals surface area contributed by atoms with Crippen molar-refractivity contribution in [2.75, 3.05) is 6.61 Å². The van der Waals surface area contributed by atoms with Crippen LogP contribution in [0.1, 0.15) is 36.7 Å². The third-order valence-electron chi connectivity index (χ3n) is 3.33. The van der Waals surface area contributed by atoms with E-state index in [2.05, 4.69) is 30.2 Å². The monoisotopic (exact) mass is 289 g/mol. The first kappa shape index (κ1) is 15.5. The number of hydrogen-bond acceptors (Lipinski definition) is 4. The summed E-state index contributed by atoms with van der Waals surface area (Å²) in [6, 6.07) is 8.04. The van der Waals surface area contributed by atoms with E-state index in [0.717, 1.165) is 37.3 Å². The highest BCUT2D eigenvalue weighted by Gasteiger charge is 2.10. The van der Waals surface area contributed by atoms with E-state index in [9.17, 15) is 5.11 Å². The number of ether oxygens (including phenoxy) is 1. The summed E-state index contributed by atoms with van der Waals surface area (Å²) in [5.41, 5.74) is 2.92. The molecule has 2 rings (SSSR count). The van der Waals surface area contributed by atoms with Crippen molar-refractivity contribution in [3.63, 3.8) is 0 Å². The minimum Gasteiger partial charge on any atom is -0.494 e. The summed E-state index contributed by atoms with van der Waals surface area (Å²) in [6.45, 7) is 5.52. The fraction of sp³-hybridized carbons (Fsp3) is 0.500. The van der Waals surface area contributed by atoms with Crippen LogP contribution in [0.3, 0.4) is 0 Å². The molecule has 5 nitrogen and oxygen atoms in total. The topological polar surface area (TPSA) is 60.2 Å². The van der Waals surface area contributed by atoms with Gasteiger partial charge in [-0.2, -0.15) is 0 Å². The molecule has 1 N–H and O–H groups in total. The lowest BCUT2D eigenvalue weighted by Crippen LogP contribution is -2.09. The van der Waals surface area contributed by atoms with E-state index in [1.54, 1.807) is 0 Å². The Hall–Kier alpha value is -1.88. The maximum Gasteiger partial charge on any atom is 0.119 e. The van der Waals surface area contributed by atoms with Gasteiger partial charge >= 0.3 is 0 Å². The van der Waals surface area contributed by atoms with Gasteiger partial charge in [0.2, 0.25) is 0 Å². The summed E-state index contributed by atoms with van der Waals surface area (Å²) >= 11 is 0. The van der Waals surface area contributed by atoms with E-state index >= 15 is 0 Å². The molecular formula is C16H23N3O2.